The maximum Gasteiger partial charge on any atom is 0.306 e. The van der Waals surface area contributed by atoms with Crippen molar-refractivity contribution in [3.05, 3.63) is 0 Å². The van der Waals surface area contributed by atoms with Crippen molar-refractivity contribution >= 4 is 17.9 Å². The number of carbonyl (C=O) groups excluding carboxylic acids is 3. The molecule has 0 N–H and O–H groups in total. The predicted octanol–water partition coefficient (Wildman–Crippen LogP) is 18.2. The predicted molar refractivity (Wildman–Crippen MR) is 266 cm³/mol. The van der Waals surface area contributed by atoms with Gasteiger partial charge in [0.1, 0.15) is 13.2 Å². The van der Waals surface area contributed by atoms with E-state index < -0.39 is 6.10 Å². The molecular weight excluding hydrogens is 769 g/mol. The van der Waals surface area contributed by atoms with E-state index in [4.69, 9.17) is 14.2 Å². The van der Waals surface area contributed by atoms with Crippen LogP contribution in [0.15, 0.2) is 0 Å². The Hall–Kier alpha value is -1.59. The Balaban J connectivity index is 4.25. The van der Waals surface area contributed by atoms with E-state index in [1.807, 2.05) is 0 Å². The largest absolute Gasteiger partial charge is 0.462 e. The first-order valence-electron chi connectivity index (χ1n) is 27.9. The third-order valence-corrected chi connectivity index (χ3v) is 12.8. The maximum absolute atomic E-state index is 12.8. The zero-order valence-electron chi connectivity index (χ0n) is 42.3. The van der Waals surface area contributed by atoms with Gasteiger partial charge in [0.25, 0.3) is 0 Å². The van der Waals surface area contributed by atoms with Crippen LogP contribution < -0.4 is 0 Å². The Labute approximate surface area is 387 Å². The molecule has 1 atom stereocenters. The first-order chi connectivity index (χ1) is 30.4. The first kappa shape index (κ1) is 60.4. The number of rotatable bonds is 51. The van der Waals surface area contributed by atoms with Crippen LogP contribution in [-0.2, 0) is 28.6 Å². The molecule has 0 aromatic rings. The van der Waals surface area contributed by atoms with E-state index in [9.17, 15) is 14.4 Å². The summed E-state index contributed by atoms with van der Waals surface area (Å²) in [7, 11) is 0. The molecule has 0 aromatic carbocycles. The molecule has 0 amide bonds. The average molecular weight is 877 g/mol. The summed E-state index contributed by atoms with van der Waals surface area (Å²) in [5.74, 6) is -0.0608. The second kappa shape index (κ2) is 50.4. The SMILES string of the molecule is CCCCCCCCCCCCCCCCCCCCC(=O)O[C@@H](COC(=O)CCCCCCCCCCCCCCCCCC)COC(=O)CCCCCCCCCC(C)C. The molecule has 0 rings (SSSR count). The fourth-order valence-corrected chi connectivity index (χ4v) is 8.57. The Bertz CT molecular complexity index is 933. The van der Waals surface area contributed by atoms with Gasteiger partial charge < -0.3 is 14.2 Å². The maximum atomic E-state index is 12.8. The van der Waals surface area contributed by atoms with Crippen LogP contribution in [0, 0.1) is 5.92 Å². The lowest BCUT2D eigenvalue weighted by Gasteiger charge is -2.18. The molecule has 0 aliphatic heterocycles. The number of ether oxygens (including phenoxy) is 3. The van der Waals surface area contributed by atoms with Crippen LogP contribution in [-0.4, -0.2) is 37.2 Å². The molecule has 0 bridgehead atoms. The van der Waals surface area contributed by atoms with E-state index >= 15 is 0 Å². The van der Waals surface area contributed by atoms with Gasteiger partial charge in [0.2, 0.25) is 0 Å². The highest BCUT2D eigenvalue weighted by Crippen LogP contribution is 2.18. The standard InChI is InChI=1S/C56H108O6/c1-5-7-9-11-13-15-17-19-21-23-24-26-28-30-32-36-41-45-49-56(59)62-53(51-61-55(58)48-44-40-37-33-34-38-42-46-52(3)4)50-60-54(57)47-43-39-35-31-29-27-25-22-20-18-16-14-12-10-8-6-2/h52-53H,5-51H2,1-4H3/t53-/m0/s1. The quantitative estimate of drug-likeness (QED) is 0.0344. The van der Waals surface area contributed by atoms with Gasteiger partial charge in [0.15, 0.2) is 6.10 Å². The minimum absolute atomic E-state index is 0.0629. The highest BCUT2D eigenvalue weighted by Gasteiger charge is 2.19. The molecule has 62 heavy (non-hydrogen) atoms. The third-order valence-electron chi connectivity index (χ3n) is 12.8. The van der Waals surface area contributed by atoms with E-state index in [0.717, 1.165) is 63.7 Å². The van der Waals surface area contributed by atoms with Crippen LogP contribution >= 0.6 is 0 Å². The van der Waals surface area contributed by atoms with Gasteiger partial charge in [-0.2, -0.15) is 0 Å². The Morgan fingerprint density at radius 1 is 0.306 bits per heavy atom. The smallest absolute Gasteiger partial charge is 0.306 e. The van der Waals surface area contributed by atoms with Gasteiger partial charge in [-0.1, -0.05) is 278 Å². The van der Waals surface area contributed by atoms with Gasteiger partial charge in [-0.15, -0.1) is 0 Å². The van der Waals surface area contributed by atoms with Gasteiger partial charge in [0.05, 0.1) is 0 Å². The zero-order chi connectivity index (χ0) is 45.2. The second-order valence-corrected chi connectivity index (χ2v) is 19.7. The fourth-order valence-electron chi connectivity index (χ4n) is 8.57. The Kier molecular flexibility index (Phi) is 49.1. The summed E-state index contributed by atoms with van der Waals surface area (Å²) in [6.07, 6.45) is 53.9. The lowest BCUT2D eigenvalue weighted by atomic mass is 10.0. The molecule has 0 aliphatic carbocycles. The molecule has 0 heterocycles. The van der Waals surface area contributed by atoms with Crippen molar-refractivity contribution in [2.75, 3.05) is 13.2 Å². The molecule has 0 saturated carbocycles. The van der Waals surface area contributed by atoms with Crippen LogP contribution in [0.2, 0.25) is 0 Å². The number of hydrogen-bond donors (Lipinski definition) is 0. The Morgan fingerprint density at radius 3 is 0.790 bits per heavy atom. The van der Waals surface area contributed by atoms with E-state index in [0.29, 0.717) is 19.3 Å². The van der Waals surface area contributed by atoms with Crippen molar-refractivity contribution in [3.63, 3.8) is 0 Å². The minimum Gasteiger partial charge on any atom is -0.462 e. The van der Waals surface area contributed by atoms with Crippen LogP contribution in [0.25, 0.3) is 0 Å². The van der Waals surface area contributed by atoms with Gasteiger partial charge >= 0.3 is 17.9 Å². The van der Waals surface area contributed by atoms with E-state index in [1.54, 1.807) is 0 Å². The number of unbranched alkanes of at least 4 members (excludes halogenated alkanes) is 38. The summed E-state index contributed by atoms with van der Waals surface area (Å²) in [5.41, 5.74) is 0. The van der Waals surface area contributed by atoms with Gasteiger partial charge in [-0.25, -0.2) is 0 Å². The summed E-state index contributed by atoms with van der Waals surface area (Å²) in [4.78, 5) is 38.0. The molecule has 0 spiro atoms. The molecule has 0 fully saturated rings. The molecule has 0 radical (unpaired) electrons. The number of esters is 3. The highest BCUT2D eigenvalue weighted by atomic mass is 16.6. The topological polar surface area (TPSA) is 78.9 Å². The van der Waals surface area contributed by atoms with Crippen LogP contribution in [0.3, 0.4) is 0 Å². The van der Waals surface area contributed by atoms with E-state index in [2.05, 4.69) is 27.7 Å². The van der Waals surface area contributed by atoms with Crippen LogP contribution in [0.4, 0.5) is 0 Å². The normalized spacial score (nSPS) is 12.0. The highest BCUT2D eigenvalue weighted by molar-refractivity contribution is 5.71. The minimum atomic E-state index is -0.761. The molecule has 0 aromatic heterocycles. The molecule has 0 saturated heterocycles. The lowest BCUT2D eigenvalue weighted by molar-refractivity contribution is -0.167. The molecule has 0 aliphatic rings. The molecule has 368 valence electrons. The second-order valence-electron chi connectivity index (χ2n) is 19.7. The third kappa shape index (κ3) is 49.4. The molecule has 0 unspecified atom stereocenters. The average Bonchev–Trinajstić information content (AvgIpc) is 3.26. The van der Waals surface area contributed by atoms with Crippen molar-refractivity contribution < 1.29 is 28.6 Å². The lowest BCUT2D eigenvalue weighted by Crippen LogP contribution is -2.30. The van der Waals surface area contributed by atoms with Crippen molar-refractivity contribution in [3.8, 4) is 0 Å². The van der Waals surface area contributed by atoms with Crippen molar-refractivity contribution in [1.82, 2.24) is 0 Å². The summed E-state index contributed by atoms with van der Waals surface area (Å²) in [5, 5.41) is 0. The van der Waals surface area contributed by atoms with Crippen LogP contribution in [0.5, 0.6) is 0 Å². The fraction of sp³-hybridized carbons (Fsp3) is 0.946. The van der Waals surface area contributed by atoms with Crippen molar-refractivity contribution in [2.45, 2.75) is 323 Å². The van der Waals surface area contributed by atoms with Gasteiger partial charge in [0, 0.05) is 19.3 Å². The van der Waals surface area contributed by atoms with Gasteiger partial charge in [-0.3, -0.25) is 14.4 Å². The Morgan fingerprint density at radius 2 is 0.532 bits per heavy atom. The number of hydrogen-bond acceptors (Lipinski definition) is 6. The summed E-state index contributed by atoms with van der Waals surface area (Å²) >= 11 is 0. The first-order valence-corrected chi connectivity index (χ1v) is 27.9. The van der Waals surface area contributed by atoms with Crippen molar-refractivity contribution in [2.24, 2.45) is 5.92 Å². The molecule has 6 heteroatoms. The summed E-state index contributed by atoms with van der Waals surface area (Å²) in [6.45, 7) is 9.00. The van der Waals surface area contributed by atoms with E-state index in [1.165, 1.54) is 212 Å². The van der Waals surface area contributed by atoms with E-state index in [-0.39, 0.29) is 31.1 Å². The molecular formula is C56H108O6. The van der Waals surface area contributed by atoms with Gasteiger partial charge in [-0.05, 0) is 25.2 Å². The summed E-state index contributed by atoms with van der Waals surface area (Å²) in [6, 6.07) is 0. The van der Waals surface area contributed by atoms with Crippen LogP contribution in [0.1, 0.15) is 317 Å². The molecule has 6 nitrogen and oxygen atoms in total. The summed E-state index contributed by atoms with van der Waals surface area (Å²) < 4.78 is 16.8. The van der Waals surface area contributed by atoms with Crippen molar-refractivity contribution in [1.29, 1.82) is 0 Å². The monoisotopic (exact) mass is 877 g/mol. The zero-order valence-corrected chi connectivity index (χ0v) is 42.3. The number of carbonyl (C=O) groups is 3.